The van der Waals surface area contributed by atoms with Gasteiger partial charge in [0.05, 0.1) is 25.8 Å². The average molecular weight is 422 g/mol. The molecule has 1 fully saturated rings. The van der Waals surface area contributed by atoms with E-state index in [0.717, 1.165) is 18.7 Å². The van der Waals surface area contributed by atoms with Crippen molar-refractivity contribution in [1.82, 2.24) is 9.80 Å². The minimum atomic E-state index is -0.232. The fourth-order valence-electron chi connectivity index (χ4n) is 2.35. The highest BCUT2D eigenvalue weighted by Gasteiger charge is 2.16. The zero-order chi connectivity index (χ0) is 15.2. The van der Waals surface area contributed by atoms with Crippen molar-refractivity contribution in [2.75, 3.05) is 46.9 Å². The molecule has 0 radical (unpaired) electrons. The van der Waals surface area contributed by atoms with Crippen LogP contribution in [0.5, 0.6) is 0 Å². The number of aliphatic imine (C=N–C) groups is 1. The van der Waals surface area contributed by atoms with Crippen molar-refractivity contribution in [3.05, 3.63) is 35.6 Å². The minimum absolute atomic E-state index is 0. The van der Waals surface area contributed by atoms with Gasteiger partial charge in [0.1, 0.15) is 5.82 Å². The van der Waals surface area contributed by atoms with Crippen molar-refractivity contribution in [3.63, 3.8) is 0 Å². The molecule has 0 bridgehead atoms. The molecule has 7 heteroatoms. The van der Waals surface area contributed by atoms with Crippen molar-refractivity contribution in [2.24, 2.45) is 10.7 Å². The number of morpholine rings is 1. The Morgan fingerprint density at radius 3 is 2.68 bits per heavy atom. The van der Waals surface area contributed by atoms with Gasteiger partial charge in [0, 0.05) is 13.1 Å². The van der Waals surface area contributed by atoms with E-state index in [1.807, 2.05) is 30.0 Å². The Morgan fingerprint density at radius 1 is 1.41 bits per heavy atom. The summed E-state index contributed by atoms with van der Waals surface area (Å²) >= 11 is 0. The number of likely N-dealkylation sites (N-methyl/N-ethyl adjacent to an activating group) is 1. The standard InChI is InChI=1S/C15H23FN4O.HI/c1-19(2)14(12-4-3-5-13(16)10-12)11-18-15(17)20-6-8-21-9-7-20;/h3-5,10,14H,6-9,11H2,1-2H3,(H2,17,18);1H. The van der Waals surface area contributed by atoms with Crippen LogP contribution in [0.4, 0.5) is 4.39 Å². The molecule has 0 saturated carbocycles. The molecule has 1 aliphatic rings. The molecule has 1 atom stereocenters. The van der Waals surface area contributed by atoms with E-state index in [2.05, 4.69) is 4.99 Å². The van der Waals surface area contributed by atoms with Gasteiger partial charge in [0.25, 0.3) is 0 Å². The molecule has 5 nitrogen and oxygen atoms in total. The van der Waals surface area contributed by atoms with Gasteiger partial charge >= 0.3 is 0 Å². The first-order valence-corrected chi connectivity index (χ1v) is 7.12. The number of benzene rings is 1. The zero-order valence-corrected chi connectivity index (χ0v) is 15.4. The smallest absolute Gasteiger partial charge is 0.191 e. The van der Waals surface area contributed by atoms with Crippen molar-refractivity contribution >= 4 is 29.9 Å². The third-order valence-electron chi connectivity index (χ3n) is 3.62. The van der Waals surface area contributed by atoms with Gasteiger partial charge in [-0.15, -0.1) is 24.0 Å². The largest absolute Gasteiger partial charge is 0.378 e. The number of halogens is 2. The Morgan fingerprint density at radius 2 is 2.09 bits per heavy atom. The number of rotatable bonds is 4. The lowest BCUT2D eigenvalue weighted by Crippen LogP contribution is -2.45. The predicted octanol–water partition coefficient (Wildman–Crippen LogP) is 1.69. The van der Waals surface area contributed by atoms with E-state index < -0.39 is 0 Å². The molecule has 2 N–H and O–H groups in total. The molecule has 1 aromatic rings. The molecule has 1 unspecified atom stereocenters. The van der Waals surface area contributed by atoms with Crippen molar-refractivity contribution < 1.29 is 9.13 Å². The molecule has 1 heterocycles. The van der Waals surface area contributed by atoms with Gasteiger partial charge in [-0.2, -0.15) is 0 Å². The van der Waals surface area contributed by atoms with E-state index in [4.69, 9.17) is 10.5 Å². The summed E-state index contributed by atoms with van der Waals surface area (Å²) in [6.45, 7) is 3.39. The predicted molar refractivity (Wildman–Crippen MR) is 97.1 cm³/mol. The highest BCUT2D eigenvalue weighted by atomic mass is 127. The Bertz CT molecular complexity index is 492. The van der Waals surface area contributed by atoms with Crippen LogP contribution < -0.4 is 5.73 Å². The van der Waals surface area contributed by atoms with Crippen molar-refractivity contribution in [3.8, 4) is 0 Å². The van der Waals surface area contributed by atoms with Gasteiger partial charge in [-0.25, -0.2) is 4.39 Å². The lowest BCUT2D eigenvalue weighted by atomic mass is 10.1. The van der Waals surface area contributed by atoms with E-state index in [-0.39, 0.29) is 35.8 Å². The lowest BCUT2D eigenvalue weighted by Gasteiger charge is -2.28. The Balaban J connectivity index is 0.00000242. The number of hydrogen-bond acceptors (Lipinski definition) is 3. The van der Waals surface area contributed by atoms with E-state index in [0.29, 0.717) is 25.7 Å². The molecule has 1 saturated heterocycles. The van der Waals surface area contributed by atoms with E-state index in [9.17, 15) is 4.39 Å². The normalized spacial score (nSPS) is 17.3. The molecule has 2 rings (SSSR count). The maximum Gasteiger partial charge on any atom is 0.191 e. The first kappa shape index (κ1) is 19.1. The van der Waals surface area contributed by atoms with Crippen LogP contribution in [0.15, 0.2) is 29.3 Å². The van der Waals surface area contributed by atoms with Crippen LogP contribution in [0.2, 0.25) is 0 Å². The highest BCUT2D eigenvalue weighted by Crippen LogP contribution is 2.19. The molecule has 1 aliphatic heterocycles. The SMILES string of the molecule is CN(C)C(CN=C(N)N1CCOCC1)c1cccc(F)c1.I. The van der Waals surface area contributed by atoms with Crippen LogP contribution in [0, 0.1) is 5.82 Å². The molecule has 0 spiro atoms. The van der Waals surface area contributed by atoms with Crippen LogP contribution >= 0.6 is 24.0 Å². The van der Waals surface area contributed by atoms with Gasteiger partial charge in [0.2, 0.25) is 0 Å². The summed E-state index contributed by atoms with van der Waals surface area (Å²) in [5.41, 5.74) is 6.93. The molecule has 1 aromatic carbocycles. The molecule has 0 aromatic heterocycles. The molecular formula is C15H24FIN4O. The number of nitrogens with two attached hydrogens (primary N) is 1. The highest BCUT2D eigenvalue weighted by molar-refractivity contribution is 14.0. The van der Waals surface area contributed by atoms with Crippen LogP contribution in [-0.2, 0) is 4.74 Å². The quantitative estimate of drug-likeness (QED) is 0.456. The first-order valence-electron chi connectivity index (χ1n) is 7.12. The second-order valence-corrected chi connectivity index (χ2v) is 5.33. The number of ether oxygens (including phenoxy) is 1. The molecule has 0 aliphatic carbocycles. The van der Waals surface area contributed by atoms with E-state index >= 15 is 0 Å². The Kier molecular flexibility index (Phi) is 8.05. The van der Waals surface area contributed by atoms with Gasteiger partial charge < -0.3 is 20.3 Å². The Labute approximate surface area is 148 Å². The minimum Gasteiger partial charge on any atom is -0.378 e. The van der Waals surface area contributed by atoms with Crippen LogP contribution in [0.1, 0.15) is 11.6 Å². The van der Waals surface area contributed by atoms with Crippen LogP contribution in [0.3, 0.4) is 0 Å². The van der Waals surface area contributed by atoms with Crippen LogP contribution in [-0.4, -0.2) is 62.7 Å². The number of guanidine groups is 1. The lowest BCUT2D eigenvalue weighted by molar-refractivity contribution is 0.0673. The summed E-state index contributed by atoms with van der Waals surface area (Å²) in [6, 6.07) is 6.62. The van der Waals surface area contributed by atoms with Crippen molar-refractivity contribution in [2.45, 2.75) is 6.04 Å². The fourth-order valence-corrected chi connectivity index (χ4v) is 2.35. The summed E-state index contributed by atoms with van der Waals surface area (Å²) in [5, 5.41) is 0. The summed E-state index contributed by atoms with van der Waals surface area (Å²) in [4.78, 5) is 8.51. The average Bonchev–Trinajstić information content (AvgIpc) is 2.48. The number of hydrogen-bond donors (Lipinski definition) is 1. The maximum atomic E-state index is 13.4. The molecule has 0 amide bonds. The summed E-state index contributed by atoms with van der Waals surface area (Å²) in [5.74, 6) is 0.297. The molecule has 124 valence electrons. The van der Waals surface area contributed by atoms with E-state index in [1.54, 1.807) is 12.1 Å². The summed E-state index contributed by atoms with van der Waals surface area (Å²) in [7, 11) is 3.91. The Hall–Kier alpha value is -0.930. The zero-order valence-electron chi connectivity index (χ0n) is 13.0. The summed E-state index contributed by atoms with van der Waals surface area (Å²) in [6.07, 6.45) is 0. The number of nitrogens with zero attached hydrogens (tertiary/aromatic N) is 3. The topological polar surface area (TPSA) is 54.1 Å². The van der Waals surface area contributed by atoms with Gasteiger partial charge in [-0.05, 0) is 31.8 Å². The van der Waals surface area contributed by atoms with Gasteiger partial charge in [-0.1, -0.05) is 12.1 Å². The van der Waals surface area contributed by atoms with Crippen LogP contribution in [0.25, 0.3) is 0 Å². The molecular weight excluding hydrogens is 398 g/mol. The third kappa shape index (κ3) is 5.36. The molecule has 22 heavy (non-hydrogen) atoms. The fraction of sp³-hybridized carbons (Fsp3) is 0.533. The van der Waals surface area contributed by atoms with E-state index in [1.165, 1.54) is 6.07 Å². The first-order chi connectivity index (χ1) is 10.1. The summed E-state index contributed by atoms with van der Waals surface area (Å²) < 4.78 is 18.7. The van der Waals surface area contributed by atoms with Gasteiger partial charge in [-0.3, -0.25) is 4.99 Å². The van der Waals surface area contributed by atoms with Gasteiger partial charge in [0.15, 0.2) is 5.96 Å². The second kappa shape index (κ2) is 9.26. The maximum absolute atomic E-state index is 13.4. The monoisotopic (exact) mass is 422 g/mol. The third-order valence-corrected chi connectivity index (χ3v) is 3.62. The van der Waals surface area contributed by atoms with Crippen molar-refractivity contribution in [1.29, 1.82) is 0 Å². The second-order valence-electron chi connectivity index (χ2n) is 5.33.